The summed E-state index contributed by atoms with van der Waals surface area (Å²) in [5.74, 6) is -2.43. The normalized spacial score (nSPS) is 22.0. The van der Waals surface area contributed by atoms with Crippen molar-refractivity contribution in [3.8, 4) is 0 Å². The van der Waals surface area contributed by atoms with Crippen LogP contribution in [0.2, 0.25) is 5.02 Å². The minimum Gasteiger partial charge on any atom is -0.481 e. The first-order valence-electron chi connectivity index (χ1n) is 13.0. The number of hydrogen-bond acceptors (Lipinski definition) is 4. The van der Waals surface area contributed by atoms with Gasteiger partial charge < -0.3 is 20.1 Å². The maximum Gasteiger partial charge on any atom is 0.332 e. The quantitative estimate of drug-likeness (QED) is 0.356. The summed E-state index contributed by atoms with van der Waals surface area (Å²) in [5.41, 5.74) is 2.01. The lowest BCUT2D eigenvalue weighted by Crippen LogP contribution is -2.41. The molecule has 3 N–H and O–H groups in total. The average molecular weight is 536 g/mol. The molecule has 2 atom stereocenters. The number of piperidine rings is 1. The number of carboxylic acids is 2. The molecule has 0 bridgehead atoms. The predicted octanol–water partition coefficient (Wildman–Crippen LogP) is 6.03. The molecule has 1 fully saturated rings. The summed E-state index contributed by atoms with van der Waals surface area (Å²) in [4.78, 5) is 33.2. The molecule has 0 saturated carbocycles. The molecule has 2 unspecified atom stereocenters. The Hall–Kier alpha value is -3.42. The third-order valence-corrected chi connectivity index (χ3v) is 7.99. The minimum absolute atomic E-state index is 0.0507. The lowest BCUT2D eigenvalue weighted by Gasteiger charge is -2.36. The molecule has 8 heteroatoms. The molecule has 0 amide bonds. The Bertz CT molecular complexity index is 1340. The summed E-state index contributed by atoms with van der Waals surface area (Å²) >= 11 is 5.83. The van der Waals surface area contributed by atoms with Crippen LogP contribution in [0.3, 0.4) is 0 Å². The van der Waals surface area contributed by atoms with E-state index in [4.69, 9.17) is 11.6 Å². The minimum atomic E-state index is -1.14. The van der Waals surface area contributed by atoms with Crippen molar-refractivity contribution < 1.29 is 19.8 Å². The SMILES string of the molecule is CC1(c2ccc(Cl)cc2)C(C(=O)O)=CC=CC1C(=O)O.CCCN1CCC(c2c[nH]c3ncccc23)CC1. The zero-order valence-corrected chi connectivity index (χ0v) is 22.5. The molecule has 0 radical (unpaired) electrons. The van der Waals surface area contributed by atoms with E-state index < -0.39 is 23.3 Å². The molecule has 1 aromatic carbocycles. The van der Waals surface area contributed by atoms with E-state index in [0.29, 0.717) is 16.5 Å². The third-order valence-electron chi connectivity index (χ3n) is 7.74. The molecule has 2 aliphatic rings. The second-order valence-electron chi connectivity index (χ2n) is 10.1. The second-order valence-corrected chi connectivity index (χ2v) is 10.5. The fraction of sp³-hybridized carbons (Fsp3) is 0.367. The number of aromatic nitrogens is 2. The number of aromatic amines is 1. The topological polar surface area (TPSA) is 107 Å². The summed E-state index contributed by atoms with van der Waals surface area (Å²) in [5, 5.41) is 20.6. The van der Waals surface area contributed by atoms with Crippen molar-refractivity contribution in [1.29, 1.82) is 0 Å². The molecule has 1 saturated heterocycles. The van der Waals surface area contributed by atoms with Crippen molar-refractivity contribution in [3.05, 3.63) is 88.7 Å². The molecule has 1 aliphatic carbocycles. The van der Waals surface area contributed by atoms with Gasteiger partial charge in [-0.05, 0) is 87.1 Å². The second kappa shape index (κ2) is 12.0. The zero-order chi connectivity index (χ0) is 27.3. The van der Waals surface area contributed by atoms with Crippen molar-refractivity contribution in [2.45, 2.75) is 44.4 Å². The number of carbonyl (C=O) groups is 2. The maximum absolute atomic E-state index is 11.5. The molecule has 3 aromatic rings. The van der Waals surface area contributed by atoms with Crippen molar-refractivity contribution in [1.82, 2.24) is 14.9 Å². The first-order valence-corrected chi connectivity index (χ1v) is 13.4. The Labute approximate surface area is 227 Å². The highest BCUT2D eigenvalue weighted by Gasteiger charge is 2.46. The van der Waals surface area contributed by atoms with Gasteiger partial charge in [0.05, 0.1) is 5.92 Å². The van der Waals surface area contributed by atoms with Crippen molar-refractivity contribution in [2.75, 3.05) is 19.6 Å². The van der Waals surface area contributed by atoms with Gasteiger partial charge >= 0.3 is 11.9 Å². The van der Waals surface area contributed by atoms with E-state index in [1.54, 1.807) is 31.2 Å². The van der Waals surface area contributed by atoms with Crippen LogP contribution in [0.4, 0.5) is 0 Å². The first-order chi connectivity index (χ1) is 18.3. The first kappa shape index (κ1) is 27.6. The van der Waals surface area contributed by atoms with E-state index in [0.717, 1.165) is 5.65 Å². The number of pyridine rings is 1. The van der Waals surface area contributed by atoms with Gasteiger partial charge in [0.25, 0.3) is 0 Å². The van der Waals surface area contributed by atoms with Crippen LogP contribution in [0.1, 0.15) is 50.2 Å². The number of likely N-dealkylation sites (tertiary alicyclic amines) is 1. The van der Waals surface area contributed by atoms with Gasteiger partial charge in [0.2, 0.25) is 0 Å². The van der Waals surface area contributed by atoms with Crippen LogP contribution in [0.5, 0.6) is 0 Å². The number of H-pyrrole nitrogens is 1. The fourth-order valence-electron chi connectivity index (χ4n) is 5.65. The Balaban J connectivity index is 0.000000178. The van der Waals surface area contributed by atoms with Gasteiger partial charge in [-0.2, -0.15) is 0 Å². The van der Waals surface area contributed by atoms with Gasteiger partial charge in [-0.15, -0.1) is 0 Å². The number of allylic oxidation sites excluding steroid dienone is 2. The average Bonchev–Trinajstić information content (AvgIpc) is 3.34. The molecule has 0 spiro atoms. The molecule has 3 heterocycles. The summed E-state index contributed by atoms with van der Waals surface area (Å²) in [6, 6.07) is 10.8. The van der Waals surface area contributed by atoms with E-state index in [1.165, 1.54) is 68.1 Å². The number of rotatable bonds is 6. The number of benzene rings is 1. The highest BCUT2D eigenvalue weighted by atomic mass is 35.5. The maximum atomic E-state index is 11.5. The van der Waals surface area contributed by atoms with Gasteiger partial charge in [0.1, 0.15) is 5.65 Å². The van der Waals surface area contributed by atoms with Crippen molar-refractivity contribution in [2.24, 2.45) is 5.92 Å². The van der Waals surface area contributed by atoms with Crippen LogP contribution in [-0.4, -0.2) is 56.7 Å². The molecule has 7 nitrogen and oxygen atoms in total. The van der Waals surface area contributed by atoms with Crippen molar-refractivity contribution >= 4 is 34.6 Å². The van der Waals surface area contributed by atoms with Gasteiger partial charge in [0.15, 0.2) is 0 Å². The number of halogens is 1. The molecular weight excluding hydrogens is 502 g/mol. The van der Waals surface area contributed by atoms with Gasteiger partial charge in [-0.3, -0.25) is 4.79 Å². The number of hydrogen-bond donors (Lipinski definition) is 3. The number of nitrogens with zero attached hydrogens (tertiary/aromatic N) is 2. The van der Waals surface area contributed by atoms with E-state index in [9.17, 15) is 19.8 Å². The predicted molar refractivity (Wildman–Crippen MR) is 150 cm³/mol. The highest BCUT2D eigenvalue weighted by Crippen LogP contribution is 2.43. The van der Waals surface area contributed by atoms with E-state index >= 15 is 0 Å². The van der Waals surface area contributed by atoms with Crippen LogP contribution in [0.15, 0.2) is 72.6 Å². The van der Waals surface area contributed by atoms with Gasteiger partial charge in [-0.25, -0.2) is 9.78 Å². The Morgan fingerprint density at radius 2 is 1.87 bits per heavy atom. The summed E-state index contributed by atoms with van der Waals surface area (Å²) < 4.78 is 0. The third kappa shape index (κ3) is 5.69. The largest absolute Gasteiger partial charge is 0.481 e. The standard InChI is InChI=1S/C15H13ClO4.C15H21N3/c1-15(9-5-7-10(16)8-6-9)11(13(17)18)3-2-4-12(15)14(19)20;1-2-8-18-9-5-12(6-10-18)14-11-17-15-13(14)4-3-7-16-15/h2-8,11H,1H3,(H,17,18)(H,19,20);3-4,7,11-12H,2,5-6,8-10H2,1H3,(H,16,17). The molecule has 2 aromatic heterocycles. The monoisotopic (exact) mass is 535 g/mol. The van der Waals surface area contributed by atoms with Gasteiger partial charge in [0, 0.05) is 33.8 Å². The number of carboxylic acid groups (broad SMARTS) is 2. The van der Waals surface area contributed by atoms with Crippen LogP contribution in [-0.2, 0) is 15.0 Å². The Kier molecular flexibility index (Phi) is 8.69. The van der Waals surface area contributed by atoms with Crippen LogP contribution < -0.4 is 0 Å². The summed E-state index contributed by atoms with van der Waals surface area (Å²) in [6.45, 7) is 7.62. The number of nitrogens with one attached hydrogen (secondary N) is 1. The van der Waals surface area contributed by atoms with Crippen LogP contribution in [0, 0.1) is 5.92 Å². The highest BCUT2D eigenvalue weighted by molar-refractivity contribution is 6.30. The lowest BCUT2D eigenvalue weighted by molar-refractivity contribution is -0.142. The number of aliphatic carboxylic acids is 2. The summed E-state index contributed by atoms with van der Waals surface area (Å²) in [7, 11) is 0. The molecule has 200 valence electrons. The zero-order valence-electron chi connectivity index (χ0n) is 21.7. The smallest absolute Gasteiger partial charge is 0.332 e. The van der Waals surface area contributed by atoms with Crippen LogP contribution >= 0.6 is 11.6 Å². The van der Waals surface area contributed by atoms with Gasteiger partial charge in [-0.1, -0.05) is 48.9 Å². The van der Waals surface area contributed by atoms with E-state index in [2.05, 4.69) is 34.1 Å². The summed E-state index contributed by atoms with van der Waals surface area (Å²) in [6.07, 6.45) is 12.3. The van der Waals surface area contributed by atoms with E-state index in [1.807, 2.05) is 12.3 Å². The molecule has 38 heavy (non-hydrogen) atoms. The Morgan fingerprint density at radius 3 is 2.50 bits per heavy atom. The number of fused-ring (bicyclic) bond motifs is 1. The molecule has 5 rings (SSSR count). The molecular formula is C30H34ClN3O4. The Morgan fingerprint density at radius 1 is 1.16 bits per heavy atom. The van der Waals surface area contributed by atoms with Crippen LogP contribution in [0.25, 0.3) is 11.0 Å². The van der Waals surface area contributed by atoms with Crippen molar-refractivity contribution in [3.63, 3.8) is 0 Å². The molecule has 1 aliphatic heterocycles. The van der Waals surface area contributed by atoms with E-state index in [-0.39, 0.29) is 5.57 Å². The fourth-order valence-corrected chi connectivity index (χ4v) is 5.77. The lowest BCUT2D eigenvalue weighted by atomic mass is 9.64.